The van der Waals surface area contributed by atoms with E-state index in [-0.39, 0.29) is 5.91 Å². The molecule has 1 aromatic carbocycles. The Bertz CT molecular complexity index is 599. The van der Waals surface area contributed by atoms with Crippen LogP contribution in [0.25, 0.3) is 10.9 Å². The second-order valence-electron chi connectivity index (χ2n) is 4.54. The first kappa shape index (κ1) is 10.7. The van der Waals surface area contributed by atoms with Crippen molar-refractivity contribution in [2.45, 2.75) is 18.9 Å². The van der Waals surface area contributed by atoms with Crippen LogP contribution in [0.1, 0.15) is 23.3 Å². The lowest BCUT2D eigenvalue weighted by molar-refractivity contribution is 0.0943. The molecule has 0 bridgehead atoms. The van der Waals surface area contributed by atoms with Crippen molar-refractivity contribution in [1.29, 1.82) is 0 Å². The second-order valence-corrected chi connectivity index (χ2v) is 4.98. The smallest absolute Gasteiger partial charge is 0.268 e. The summed E-state index contributed by atoms with van der Waals surface area (Å²) in [5, 5.41) is 4.69. The Hall–Kier alpha value is -1.48. The molecule has 88 valence electrons. The van der Waals surface area contributed by atoms with Gasteiger partial charge >= 0.3 is 0 Å². The quantitative estimate of drug-likeness (QED) is 0.871. The maximum atomic E-state index is 12.0. The average molecular weight is 249 g/mol. The molecule has 1 amide bonds. The largest absolute Gasteiger partial charge is 0.348 e. The number of fused-ring (bicyclic) bond motifs is 1. The average Bonchev–Trinajstić information content (AvgIpc) is 3.03. The molecule has 17 heavy (non-hydrogen) atoms. The summed E-state index contributed by atoms with van der Waals surface area (Å²) in [5.41, 5.74) is 1.71. The summed E-state index contributed by atoms with van der Waals surface area (Å²) in [7, 11) is 1.90. The Morgan fingerprint density at radius 2 is 2.18 bits per heavy atom. The normalized spacial score (nSPS) is 15.2. The number of hydrogen-bond donors (Lipinski definition) is 1. The van der Waals surface area contributed by atoms with Gasteiger partial charge in [-0.1, -0.05) is 11.6 Å². The minimum atomic E-state index is 0.00215. The second kappa shape index (κ2) is 3.77. The first-order valence-corrected chi connectivity index (χ1v) is 6.09. The number of hydrogen-bond acceptors (Lipinski definition) is 1. The minimum absolute atomic E-state index is 0.00215. The van der Waals surface area contributed by atoms with E-state index in [1.54, 1.807) is 0 Å². The standard InChI is InChI=1S/C13H13ClN2O/c1-16-11-5-2-9(14)6-8(11)7-12(16)13(17)15-10-3-4-10/h2,5-7,10H,3-4H2,1H3,(H,15,17). The van der Waals surface area contributed by atoms with Crippen LogP contribution in [0, 0.1) is 0 Å². The van der Waals surface area contributed by atoms with E-state index in [9.17, 15) is 4.79 Å². The molecule has 0 atom stereocenters. The number of aryl methyl sites for hydroxylation is 1. The SMILES string of the molecule is Cn1c(C(=O)NC2CC2)cc2cc(Cl)ccc21. The summed E-state index contributed by atoms with van der Waals surface area (Å²) in [6, 6.07) is 7.92. The number of carbonyl (C=O) groups is 1. The molecule has 1 N–H and O–H groups in total. The fraction of sp³-hybridized carbons (Fsp3) is 0.308. The van der Waals surface area contributed by atoms with Crippen molar-refractivity contribution >= 4 is 28.4 Å². The highest BCUT2D eigenvalue weighted by atomic mass is 35.5. The van der Waals surface area contributed by atoms with Crippen LogP contribution in [0.5, 0.6) is 0 Å². The van der Waals surface area contributed by atoms with Gasteiger partial charge in [0.2, 0.25) is 0 Å². The van der Waals surface area contributed by atoms with Gasteiger partial charge in [-0.05, 0) is 37.1 Å². The van der Waals surface area contributed by atoms with Crippen molar-refractivity contribution in [2.24, 2.45) is 7.05 Å². The fourth-order valence-corrected chi connectivity index (χ4v) is 2.21. The highest BCUT2D eigenvalue weighted by Gasteiger charge is 2.25. The van der Waals surface area contributed by atoms with Gasteiger partial charge in [0, 0.05) is 29.0 Å². The fourth-order valence-electron chi connectivity index (χ4n) is 2.03. The van der Waals surface area contributed by atoms with Crippen molar-refractivity contribution < 1.29 is 4.79 Å². The lowest BCUT2D eigenvalue weighted by Gasteiger charge is -2.04. The van der Waals surface area contributed by atoms with Crippen LogP contribution >= 0.6 is 11.6 Å². The summed E-state index contributed by atoms with van der Waals surface area (Å²) in [4.78, 5) is 12.0. The third-order valence-electron chi connectivity index (χ3n) is 3.15. The summed E-state index contributed by atoms with van der Waals surface area (Å²) in [5.74, 6) is 0.00215. The van der Waals surface area contributed by atoms with Gasteiger partial charge in [0.05, 0.1) is 0 Å². The van der Waals surface area contributed by atoms with Crippen molar-refractivity contribution in [3.05, 3.63) is 35.0 Å². The Kier molecular flexibility index (Phi) is 2.37. The summed E-state index contributed by atoms with van der Waals surface area (Å²) < 4.78 is 1.91. The molecular formula is C13H13ClN2O. The Morgan fingerprint density at radius 1 is 1.41 bits per heavy atom. The zero-order valence-electron chi connectivity index (χ0n) is 9.53. The van der Waals surface area contributed by atoms with Gasteiger partial charge in [0.15, 0.2) is 0 Å². The Morgan fingerprint density at radius 3 is 2.88 bits per heavy atom. The number of benzene rings is 1. The number of rotatable bonds is 2. The monoisotopic (exact) mass is 248 g/mol. The van der Waals surface area contributed by atoms with Crippen LogP contribution in [0.4, 0.5) is 0 Å². The first-order valence-electron chi connectivity index (χ1n) is 5.71. The van der Waals surface area contributed by atoms with E-state index in [1.165, 1.54) is 0 Å². The van der Waals surface area contributed by atoms with Crippen LogP contribution in [0.15, 0.2) is 24.3 Å². The molecule has 1 heterocycles. The van der Waals surface area contributed by atoms with E-state index in [0.717, 1.165) is 23.7 Å². The number of aromatic nitrogens is 1. The van der Waals surface area contributed by atoms with Crippen molar-refractivity contribution in [1.82, 2.24) is 9.88 Å². The van der Waals surface area contributed by atoms with Crippen molar-refractivity contribution in [3.8, 4) is 0 Å². The van der Waals surface area contributed by atoms with E-state index < -0.39 is 0 Å². The van der Waals surface area contributed by atoms with Gasteiger partial charge in [-0.15, -0.1) is 0 Å². The summed E-state index contributed by atoms with van der Waals surface area (Å²) >= 11 is 5.94. The molecule has 0 aliphatic heterocycles. The molecule has 1 aromatic heterocycles. The third kappa shape index (κ3) is 1.91. The predicted molar refractivity (Wildman–Crippen MR) is 68.4 cm³/mol. The number of nitrogens with one attached hydrogen (secondary N) is 1. The Labute approximate surface area is 104 Å². The van der Waals surface area contributed by atoms with E-state index in [2.05, 4.69) is 5.32 Å². The molecule has 1 saturated carbocycles. The van der Waals surface area contributed by atoms with Gasteiger partial charge in [-0.25, -0.2) is 0 Å². The highest BCUT2D eigenvalue weighted by molar-refractivity contribution is 6.31. The van der Waals surface area contributed by atoms with E-state index in [1.807, 2.05) is 35.9 Å². The maximum Gasteiger partial charge on any atom is 0.268 e. The molecule has 0 radical (unpaired) electrons. The number of amides is 1. The van der Waals surface area contributed by atoms with Gasteiger partial charge < -0.3 is 9.88 Å². The number of nitrogens with zero attached hydrogens (tertiary/aromatic N) is 1. The van der Waals surface area contributed by atoms with Gasteiger partial charge in [-0.3, -0.25) is 4.79 Å². The molecule has 0 spiro atoms. The molecule has 0 saturated heterocycles. The highest BCUT2D eigenvalue weighted by Crippen LogP contribution is 2.24. The van der Waals surface area contributed by atoms with Gasteiger partial charge in [0.25, 0.3) is 5.91 Å². The molecule has 0 unspecified atom stereocenters. The third-order valence-corrected chi connectivity index (χ3v) is 3.38. The molecule has 3 nitrogen and oxygen atoms in total. The minimum Gasteiger partial charge on any atom is -0.348 e. The van der Waals surface area contributed by atoms with E-state index in [4.69, 9.17) is 11.6 Å². The molecular weight excluding hydrogens is 236 g/mol. The molecule has 1 fully saturated rings. The van der Waals surface area contributed by atoms with Crippen LogP contribution in [-0.4, -0.2) is 16.5 Å². The summed E-state index contributed by atoms with van der Waals surface area (Å²) in [6.07, 6.45) is 2.20. The van der Waals surface area contributed by atoms with Crippen molar-refractivity contribution in [3.63, 3.8) is 0 Å². The predicted octanol–water partition coefficient (Wildman–Crippen LogP) is 2.72. The van der Waals surface area contributed by atoms with Crippen molar-refractivity contribution in [2.75, 3.05) is 0 Å². The zero-order valence-corrected chi connectivity index (χ0v) is 10.3. The number of carbonyl (C=O) groups excluding carboxylic acids is 1. The molecule has 2 aromatic rings. The summed E-state index contributed by atoms with van der Waals surface area (Å²) in [6.45, 7) is 0. The first-order chi connectivity index (χ1) is 8.15. The lowest BCUT2D eigenvalue weighted by Crippen LogP contribution is -2.27. The van der Waals surface area contributed by atoms with Crippen LogP contribution < -0.4 is 5.32 Å². The Balaban J connectivity index is 2.03. The topological polar surface area (TPSA) is 34.0 Å². The van der Waals surface area contributed by atoms with Crippen LogP contribution in [-0.2, 0) is 7.05 Å². The maximum absolute atomic E-state index is 12.0. The lowest BCUT2D eigenvalue weighted by atomic mass is 10.2. The molecule has 3 rings (SSSR count). The number of halogens is 1. The van der Waals surface area contributed by atoms with Gasteiger partial charge in [-0.2, -0.15) is 0 Å². The van der Waals surface area contributed by atoms with E-state index >= 15 is 0 Å². The molecule has 1 aliphatic rings. The van der Waals surface area contributed by atoms with E-state index in [0.29, 0.717) is 16.8 Å². The molecule has 1 aliphatic carbocycles. The zero-order chi connectivity index (χ0) is 12.0. The van der Waals surface area contributed by atoms with Crippen LogP contribution in [0.3, 0.4) is 0 Å². The van der Waals surface area contributed by atoms with Gasteiger partial charge in [0.1, 0.15) is 5.69 Å². The van der Waals surface area contributed by atoms with Crippen LogP contribution in [0.2, 0.25) is 5.02 Å². The molecule has 4 heteroatoms.